The van der Waals surface area contributed by atoms with Crippen LogP contribution in [0.25, 0.3) is 0 Å². The molecule has 0 bridgehead atoms. The van der Waals surface area contributed by atoms with Gasteiger partial charge >= 0.3 is 8.80 Å². The van der Waals surface area contributed by atoms with Gasteiger partial charge in [-0.25, -0.2) is 0 Å². The second-order valence-corrected chi connectivity index (χ2v) is 6.94. The van der Waals surface area contributed by atoms with E-state index in [1.807, 2.05) is 0 Å². The van der Waals surface area contributed by atoms with Crippen LogP contribution in [0.3, 0.4) is 0 Å². The minimum atomic E-state index is -2.36. The molecule has 16 heavy (non-hydrogen) atoms. The van der Waals surface area contributed by atoms with E-state index in [0.717, 1.165) is 45.3 Å². The second-order valence-electron chi connectivity index (χ2n) is 3.85. The Balaban J connectivity index is 2.21. The van der Waals surface area contributed by atoms with Crippen LogP contribution in [0.15, 0.2) is 0 Å². The van der Waals surface area contributed by atoms with Gasteiger partial charge in [-0.15, -0.1) is 0 Å². The van der Waals surface area contributed by atoms with Gasteiger partial charge in [-0.1, -0.05) is 0 Å². The fourth-order valence-corrected chi connectivity index (χ4v) is 3.60. The zero-order valence-corrected chi connectivity index (χ0v) is 11.5. The Morgan fingerprint density at radius 1 is 1.06 bits per heavy atom. The van der Waals surface area contributed by atoms with Crippen molar-refractivity contribution in [3.63, 3.8) is 0 Å². The Hall–Kier alpha value is 0.0169. The maximum atomic E-state index is 5.38. The number of nitrogens with zero attached hydrogens (tertiary/aromatic N) is 1. The Morgan fingerprint density at radius 3 is 2.12 bits per heavy atom. The second kappa shape index (κ2) is 7.36. The van der Waals surface area contributed by atoms with E-state index in [0.29, 0.717) is 0 Å². The first-order valence-electron chi connectivity index (χ1n) is 5.72. The van der Waals surface area contributed by atoms with E-state index in [2.05, 4.69) is 4.90 Å². The normalized spacial score (nSPS) is 18.9. The van der Waals surface area contributed by atoms with Gasteiger partial charge in [0.25, 0.3) is 0 Å². The molecule has 1 heterocycles. The van der Waals surface area contributed by atoms with Gasteiger partial charge in [-0.3, -0.25) is 4.90 Å². The van der Waals surface area contributed by atoms with Crippen LogP contribution in [0.1, 0.15) is 6.42 Å². The molecule has 1 aliphatic rings. The van der Waals surface area contributed by atoms with Crippen LogP contribution in [-0.4, -0.2) is 67.9 Å². The minimum absolute atomic E-state index is 0.849. The molecule has 0 spiro atoms. The number of ether oxygens (including phenoxy) is 1. The quantitative estimate of drug-likeness (QED) is 0.618. The first-order valence-corrected chi connectivity index (χ1v) is 7.65. The lowest BCUT2D eigenvalue weighted by molar-refractivity contribution is 0.0370. The Kier molecular flexibility index (Phi) is 6.48. The van der Waals surface area contributed by atoms with Gasteiger partial charge < -0.3 is 18.0 Å². The minimum Gasteiger partial charge on any atom is -0.379 e. The van der Waals surface area contributed by atoms with Gasteiger partial charge in [0, 0.05) is 40.5 Å². The predicted molar refractivity (Wildman–Crippen MR) is 63.5 cm³/mol. The highest BCUT2D eigenvalue weighted by molar-refractivity contribution is 6.60. The molecule has 0 atom stereocenters. The van der Waals surface area contributed by atoms with Crippen LogP contribution in [0.5, 0.6) is 0 Å². The molecule has 0 aliphatic carbocycles. The molecular weight excluding hydrogens is 226 g/mol. The van der Waals surface area contributed by atoms with Crippen molar-refractivity contribution < 1.29 is 18.0 Å². The first kappa shape index (κ1) is 14.1. The predicted octanol–water partition coefficient (Wildman–Crippen LogP) is 0.587. The van der Waals surface area contributed by atoms with Crippen LogP contribution in [0.4, 0.5) is 0 Å². The average Bonchev–Trinajstić information content (AvgIpc) is 2.37. The maximum absolute atomic E-state index is 5.38. The van der Waals surface area contributed by atoms with Crippen molar-refractivity contribution in [3.8, 4) is 0 Å². The molecule has 1 rings (SSSR count). The third kappa shape index (κ3) is 4.12. The van der Waals surface area contributed by atoms with Gasteiger partial charge in [0.15, 0.2) is 0 Å². The summed E-state index contributed by atoms with van der Waals surface area (Å²) in [6.45, 7) is 4.82. The van der Waals surface area contributed by atoms with Crippen molar-refractivity contribution in [2.45, 2.75) is 12.5 Å². The number of hydrogen-bond acceptors (Lipinski definition) is 5. The molecule has 1 saturated heterocycles. The summed E-state index contributed by atoms with van der Waals surface area (Å²) in [5, 5.41) is 0. The Labute approximate surface area is 99.0 Å². The molecule has 5 nitrogen and oxygen atoms in total. The molecule has 1 aliphatic heterocycles. The summed E-state index contributed by atoms with van der Waals surface area (Å²) in [7, 11) is 2.62. The Morgan fingerprint density at radius 2 is 1.62 bits per heavy atom. The van der Waals surface area contributed by atoms with Gasteiger partial charge in [0.2, 0.25) is 0 Å². The molecule has 0 amide bonds. The zero-order chi connectivity index (χ0) is 11.9. The summed E-state index contributed by atoms with van der Waals surface area (Å²) in [4.78, 5) is 2.41. The number of hydrogen-bond donors (Lipinski definition) is 0. The molecule has 1 fully saturated rings. The summed E-state index contributed by atoms with van der Waals surface area (Å²) in [6.07, 6.45) is 1.04. The van der Waals surface area contributed by atoms with Crippen molar-refractivity contribution in [2.24, 2.45) is 0 Å². The first-order chi connectivity index (χ1) is 7.76. The third-order valence-corrected chi connectivity index (χ3v) is 5.83. The van der Waals surface area contributed by atoms with Gasteiger partial charge in [0.05, 0.1) is 13.2 Å². The number of rotatable bonds is 7. The SMILES string of the molecule is CO[Si](CCCN1CCOCC1)(OC)OC. The maximum Gasteiger partial charge on any atom is 0.500 e. The van der Waals surface area contributed by atoms with Gasteiger partial charge in [0.1, 0.15) is 0 Å². The van der Waals surface area contributed by atoms with Crippen LogP contribution in [0.2, 0.25) is 6.04 Å². The van der Waals surface area contributed by atoms with Crippen LogP contribution in [-0.2, 0) is 18.0 Å². The highest BCUT2D eigenvalue weighted by Crippen LogP contribution is 2.15. The summed E-state index contributed by atoms with van der Waals surface area (Å²) >= 11 is 0. The smallest absolute Gasteiger partial charge is 0.379 e. The summed E-state index contributed by atoms with van der Waals surface area (Å²) < 4.78 is 21.4. The van der Waals surface area contributed by atoms with Crippen LogP contribution < -0.4 is 0 Å². The lowest BCUT2D eigenvalue weighted by Crippen LogP contribution is -2.44. The Bertz CT molecular complexity index is 175. The van der Waals surface area contributed by atoms with Crippen molar-refractivity contribution in [1.82, 2.24) is 4.90 Å². The van der Waals surface area contributed by atoms with Crippen LogP contribution in [0, 0.1) is 0 Å². The lowest BCUT2D eigenvalue weighted by Gasteiger charge is -2.28. The van der Waals surface area contributed by atoms with Gasteiger partial charge in [-0.05, 0) is 13.0 Å². The molecule has 0 aromatic rings. The van der Waals surface area contributed by atoms with Crippen LogP contribution >= 0.6 is 0 Å². The lowest BCUT2D eigenvalue weighted by atomic mass is 10.3. The van der Waals surface area contributed by atoms with E-state index in [9.17, 15) is 0 Å². The molecule has 0 N–H and O–H groups in total. The molecule has 0 saturated carbocycles. The highest BCUT2D eigenvalue weighted by Gasteiger charge is 2.37. The average molecular weight is 249 g/mol. The molecule has 0 aromatic heterocycles. The topological polar surface area (TPSA) is 40.2 Å². The molecule has 0 aromatic carbocycles. The summed E-state index contributed by atoms with van der Waals surface area (Å²) in [5.41, 5.74) is 0. The molecule has 0 unspecified atom stereocenters. The van der Waals surface area contributed by atoms with Crippen molar-refractivity contribution in [2.75, 3.05) is 54.2 Å². The van der Waals surface area contributed by atoms with E-state index in [-0.39, 0.29) is 0 Å². The van der Waals surface area contributed by atoms with E-state index in [4.69, 9.17) is 18.0 Å². The fourth-order valence-electron chi connectivity index (χ4n) is 1.90. The van der Waals surface area contributed by atoms with Crippen molar-refractivity contribution in [3.05, 3.63) is 0 Å². The fraction of sp³-hybridized carbons (Fsp3) is 1.00. The molecule has 96 valence electrons. The van der Waals surface area contributed by atoms with E-state index in [1.54, 1.807) is 21.3 Å². The third-order valence-electron chi connectivity index (χ3n) is 2.99. The zero-order valence-electron chi connectivity index (χ0n) is 10.5. The highest BCUT2D eigenvalue weighted by atomic mass is 28.4. The van der Waals surface area contributed by atoms with Gasteiger partial charge in [-0.2, -0.15) is 0 Å². The number of morpholine rings is 1. The van der Waals surface area contributed by atoms with E-state index < -0.39 is 8.80 Å². The van der Waals surface area contributed by atoms with Crippen molar-refractivity contribution in [1.29, 1.82) is 0 Å². The van der Waals surface area contributed by atoms with E-state index >= 15 is 0 Å². The largest absolute Gasteiger partial charge is 0.500 e. The summed E-state index contributed by atoms with van der Waals surface area (Å²) in [5.74, 6) is 0. The summed E-state index contributed by atoms with van der Waals surface area (Å²) in [6, 6.07) is 0.869. The molecule has 6 heteroatoms. The standard InChI is InChI=1S/C10H23NO4Si/c1-12-16(13-2,14-3)10-4-5-11-6-8-15-9-7-11/h4-10H2,1-3H3. The molecular formula is C10H23NO4Si. The van der Waals surface area contributed by atoms with E-state index in [1.165, 1.54) is 0 Å². The monoisotopic (exact) mass is 249 g/mol. The molecule has 0 radical (unpaired) electrons. The van der Waals surface area contributed by atoms with Crippen molar-refractivity contribution >= 4 is 8.80 Å².